The highest BCUT2D eigenvalue weighted by Crippen LogP contribution is 2.19. The Labute approximate surface area is 148 Å². The van der Waals surface area contributed by atoms with E-state index in [1.54, 1.807) is 25.3 Å². The van der Waals surface area contributed by atoms with Crippen LogP contribution in [0.5, 0.6) is 5.75 Å². The lowest BCUT2D eigenvalue weighted by atomic mass is 10.2. The summed E-state index contributed by atoms with van der Waals surface area (Å²) in [6.45, 7) is 2.15. The molecule has 0 unspecified atom stereocenters. The Bertz CT molecular complexity index is 947. The Morgan fingerprint density at radius 1 is 1.00 bits per heavy atom. The number of rotatable bonds is 6. The minimum absolute atomic E-state index is 0.0747. The highest BCUT2D eigenvalue weighted by atomic mass is 19.2. The average Bonchev–Trinajstić information content (AvgIpc) is 2.63. The molecule has 1 aromatic carbocycles. The predicted molar refractivity (Wildman–Crippen MR) is 90.6 cm³/mol. The molecule has 7 heteroatoms. The van der Waals surface area contributed by atoms with Crippen LogP contribution in [0.1, 0.15) is 18.1 Å². The smallest absolute Gasteiger partial charge is 0.310 e. The van der Waals surface area contributed by atoms with Gasteiger partial charge in [0.2, 0.25) is 0 Å². The van der Waals surface area contributed by atoms with Gasteiger partial charge in [-0.1, -0.05) is 6.07 Å². The molecule has 0 aliphatic heterocycles. The Kier molecular flexibility index (Phi) is 5.36. The summed E-state index contributed by atoms with van der Waals surface area (Å²) in [5, 5.41) is 0. The first-order valence-electron chi connectivity index (χ1n) is 8.02. The van der Waals surface area contributed by atoms with Crippen LogP contribution < -0.4 is 4.74 Å². The summed E-state index contributed by atoms with van der Waals surface area (Å²) >= 11 is 0. The van der Waals surface area contributed by atoms with Crippen molar-refractivity contribution in [1.29, 1.82) is 0 Å². The second-order valence-corrected chi connectivity index (χ2v) is 5.57. The van der Waals surface area contributed by atoms with Gasteiger partial charge in [-0.05, 0) is 36.2 Å². The fraction of sp³-hybridized carbons (Fsp3) is 0.211. The average molecular weight is 358 g/mol. The summed E-state index contributed by atoms with van der Waals surface area (Å²) in [4.78, 5) is 20.1. The molecule has 5 nitrogen and oxygen atoms in total. The van der Waals surface area contributed by atoms with Crippen molar-refractivity contribution in [3.05, 3.63) is 65.5 Å². The van der Waals surface area contributed by atoms with Crippen molar-refractivity contribution in [3.8, 4) is 5.75 Å². The monoisotopic (exact) mass is 358 g/mol. The van der Waals surface area contributed by atoms with Crippen LogP contribution in [0.3, 0.4) is 0 Å². The molecule has 0 spiro atoms. The number of pyridine rings is 2. The van der Waals surface area contributed by atoms with Crippen LogP contribution in [-0.4, -0.2) is 22.5 Å². The molecule has 0 fully saturated rings. The third kappa shape index (κ3) is 4.30. The maximum absolute atomic E-state index is 13.2. The van der Waals surface area contributed by atoms with Gasteiger partial charge in [-0.15, -0.1) is 0 Å². The molecular weight excluding hydrogens is 342 g/mol. The number of fused-ring (bicyclic) bond motifs is 1. The van der Waals surface area contributed by atoms with Crippen molar-refractivity contribution in [1.82, 2.24) is 9.97 Å². The second-order valence-electron chi connectivity index (χ2n) is 5.57. The normalized spacial score (nSPS) is 10.7. The molecule has 0 N–H and O–H groups in total. The van der Waals surface area contributed by atoms with Gasteiger partial charge in [0, 0.05) is 12.3 Å². The van der Waals surface area contributed by atoms with Gasteiger partial charge in [0.25, 0.3) is 0 Å². The number of ether oxygens (including phenoxy) is 2. The number of carbonyl (C=O) groups excluding carboxylic acids is 1. The Morgan fingerprint density at radius 2 is 1.77 bits per heavy atom. The zero-order valence-electron chi connectivity index (χ0n) is 14.0. The van der Waals surface area contributed by atoms with E-state index in [2.05, 4.69) is 9.97 Å². The van der Waals surface area contributed by atoms with Crippen LogP contribution >= 0.6 is 0 Å². The van der Waals surface area contributed by atoms with Crippen molar-refractivity contribution < 1.29 is 23.0 Å². The van der Waals surface area contributed by atoms with E-state index in [0.29, 0.717) is 34.5 Å². The number of benzene rings is 1. The number of esters is 1. The highest BCUT2D eigenvalue weighted by Gasteiger charge is 2.08. The molecule has 3 rings (SSSR count). The van der Waals surface area contributed by atoms with Crippen LogP contribution in [0, 0.1) is 11.6 Å². The summed E-state index contributed by atoms with van der Waals surface area (Å²) in [7, 11) is 0. The molecule has 26 heavy (non-hydrogen) atoms. The van der Waals surface area contributed by atoms with Gasteiger partial charge in [-0.2, -0.15) is 0 Å². The van der Waals surface area contributed by atoms with E-state index >= 15 is 0 Å². The van der Waals surface area contributed by atoms with Gasteiger partial charge in [-0.25, -0.2) is 8.78 Å². The maximum atomic E-state index is 13.2. The van der Waals surface area contributed by atoms with Crippen LogP contribution in [-0.2, 0) is 22.6 Å². The predicted octanol–water partition coefficient (Wildman–Crippen LogP) is 3.59. The minimum atomic E-state index is -0.918. The van der Waals surface area contributed by atoms with E-state index < -0.39 is 11.6 Å². The Morgan fingerprint density at radius 3 is 2.54 bits per heavy atom. The maximum Gasteiger partial charge on any atom is 0.310 e. The number of hydrogen-bond donors (Lipinski definition) is 0. The zero-order valence-corrected chi connectivity index (χ0v) is 14.0. The number of aromatic nitrogens is 2. The van der Waals surface area contributed by atoms with E-state index in [4.69, 9.17) is 9.47 Å². The Hall–Kier alpha value is -3.09. The van der Waals surface area contributed by atoms with Crippen molar-refractivity contribution in [2.24, 2.45) is 0 Å². The third-order valence-electron chi connectivity index (χ3n) is 3.61. The Balaban J connectivity index is 1.70. The molecule has 0 saturated carbocycles. The summed E-state index contributed by atoms with van der Waals surface area (Å²) in [5.41, 5.74) is 2.42. The van der Waals surface area contributed by atoms with E-state index in [-0.39, 0.29) is 19.0 Å². The lowest BCUT2D eigenvalue weighted by Gasteiger charge is -2.08. The molecule has 0 amide bonds. The first-order chi connectivity index (χ1) is 12.5. The lowest BCUT2D eigenvalue weighted by molar-refractivity contribution is -0.142. The molecule has 134 valence electrons. The summed E-state index contributed by atoms with van der Waals surface area (Å²) in [6, 6.07) is 7.05. The number of halogens is 2. The summed E-state index contributed by atoms with van der Waals surface area (Å²) < 4.78 is 36.6. The molecule has 0 atom stereocenters. The van der Waals surface area contributed by atoms with E-state index in [9.17, 15) is 13.6 Å². The van der Waals surface area contributed by atoms with Crippen molar-refractivity contribution in [2.75, 3.05) is 6.61 Å². The summed E-state index contributed by atoms with van der Waals surface area (Å²) in [6.07, 6.45) is 3.23. The van der Waals surface area contributed by atoms with Gasteiger partial charge in [0.15, 0.2) is 11.6 Å². The molecule has 0 bridgehead atoms. The van der Waals surface area contributed by atoms with Crippen LogP contribution in [0.4, 0.5) is 8.78 Å². The van der Waals surface area contributed by atoms with Crippen molar-refractivity contribution in [2.45, 2.75) is 20.0 Å². The van der Waals surface area contributed by atoms with Gasteiger partial charge in [0.1, 0.15) is 12.4 Å². The SMILES string of the molecule is CCOC(=O)Cc1cnc2cc(OCc3ccc(F)c(F)c3)cnc2c1. The lowest BCUT2D eigenvalue weighted by Crippen LogP contribution is -2.07. The number of hydrogen-bond acceptors (Lipinski definition) is 5. The van der Waals surface area contributed by atoms with Crippen LogP contribution in [0.15, 0.2) is 42.7 Å². The zero-order chi connectivity index (χ0) is 18.5. The summed E-state index contributed by atoms with van der Waals surface area (Å²) in [5.74, 6) is -1.68. The van der Waals surface area contributed by atoms with E-state index in [1.165, 1.54) is 12.3 Å². The van der Waals surface area contributed by atoms with E-state index in [1.807, 2.05) is 0 Å². The van der Waals surface area contributed by atoms with Crippen LogP contribution in [0.2, 0.25) is 0 Å². The molecule has 3 aromatic rings. The van der Waals surface area contributed by atoms with Crippen LogP contribution in [0.25, 0.3) is 11.0 Å². The number of carbonyl (C=O) groups is 1. The first-order valence-corrected chi connectivity index (χ1v) is 8.02. The van der Waals surface area contributed by atoms with Gasteiger partial charge in [0.05, 0.1) is 30.3 Å². The van der Waals surface area contributed by atoms with E-state index in [0.717, 1.165) is 12.1 Å². The van der Waals surface area contributed by atoms with Gasteiger partial charge < -0.3 is 9.47 Å². The van der Waals surface area contributed by atoms with Gasteiger partial charge >= 0.3 is 5.97 Å². The minimum Gasteiger partial charge on any atom is -0.487 e. The second kappa shape index (κ2) is 7.86. The van der Waals surface area contributed by atoms with Crippen molar-refractivity contribution in [3.63, 3.8) is 0 Å². The first kappa shape index (κ1) is 17.7. The van der Waals surface area contributed by atoms with Gasteiger partial charge in [-0.3, -0.25) is 14.8 Å². The largest absolute Gasteiger partial charge is 0.487 e. The standard InChI is InChI=1S/C19H16F2N2O3/c1-2-25-19(24)7-13-6-17-18(22-9-13)8-14(10-23-17)26-11-12-3-4-15(20)16(21)5-12/h3-6,8-10H,2,7,11H2,1H3. The topological polar surface area (TPSA) is 61.3 Å². The molecule has 0 aliphatic rings. The van der Waals surface area contributed by atoms with Crippen molar-refractivity contribution >= 4 is 17.0 Å². The molecule has 0 saturated heterocycles. The quantitative estimate of drug-likeness (QED) is 0.630. The number of nitrogens with zero attached hydrogens (tertiary/aromatic N) is 2. The fourth-order valence-electron chi connectivity index (χ4n) is 2.38. The highest BCUT2D eigenvalue weighted by molar-refractivity contribution is 5.78. The molecular formula is C19H16F2N2O3. The molecule has 2 heterocycles. The molecule has 0 aliphatic carbocycles. The molecule has 2 aromatic heterocycles. The molecule has 0 radical (unpaired) electrons. The third-order valence-corrected chi connectivity index (χ3v) is 3.61. The fourth-order valence-corrected chi connectivity index (χ4v) is 2.38.